The number of carbonyl (C=O) groups is 1. The van der Waals surface area contributed by atoms with Crippen molar-refractivity contribution in [2.24, 2.45) is 0 Å². The average Bonchev–Trinajstić information content (AvgIpc) is 2.77. The molecule has 0 radical (unpaired) electrons. The number of carbonyl (C=O) groups excluding carboxylic acids is 1. The number of esters is 1. The predicted molar refractivity (Wildman–Crippen MR) is 56.9 cm³/mol. The van der Waals surface area contributed by atoms with E-state index in [2.05, 4.69) is 9.72 Å². The Balaban J connectivity index is 2.87. The summed E-state index contributed by atoms with van der Waals surface area (Å²) in [6.45, 7) is 0.114. The number of rotatable bonds is 4. The van der Waals surface area contributed by atoms with E-state index in [9.17, 15) is 4.79 Å². The topological polar surface area (TPSA) is 90.0 Å². The van der Waals surface area contributed by atoms with Gasteiger partial charge < -0.3 is 9.64 Å². The number of nitrogens with zero attached hydrogens (tertiary/aromatic N) is 4. The minimum atomic E-state index is -0.474. The van der Waals surface area contributed by atoms with Crippen molar-refractivity contribution in [1.82, 2.24) is 4.98 Å². The molecule has 0 aromatic carbocycles. The van der Waals surface area contributed by atoms with Crippen LogP contribution in [0, 0.1) is 22.7 Å². The Hall–Kier alpha value is -2.12. The van der Waals surface area contributed by atoms with Crippen molar-refractivity contribution in [2.75, 3.05) is 25.1 Å². The Morgan fingerprint density at radius 3 is 2.69 bits per heavy atom. The first-order valence-corrected chi connectivity index (χ1v) is 5.07. The number of aromatic nitrogens is 1. The maximum Gasteiger partial charge on any atom is 0.349 e. The van der Waals surface area contributed by atoms with E-state index in [0.717, 1.165) is 11.3 Å². The molecule has 1 heterocycles. The maximum absolute atomic E-state index is 11.2. The smallest absolute Gasteiger partial charge is 0.349 e. The highest BCUT2D eigenvalue weighted by atomic mass is 32.1. The first-order valence-electron chi connectivity index (χ1n) is 4.26. The van der Waals surface area contributed by atoms with Gasteiger partial charge in [0.15, 0.2) is 5.13 Å². The highest BCUT2D eigenvalue weighted by molar-refractivity contribution is 7.17. The Bertz CT molecular complexity index is 441. The molecular formula is C9H8N4O2S. The molecule has 0 atom stereocenters. The van der Waals surface area contributed by atoms with Crippen molar-refractivity contribution < 1.29 is 9.53 Å². The van der Waals surface area contributed by atoms with Crippen LogP contribution in [0.25, 0.3) is 0 Å². The Morgan fingerprint density at radius 1 is 1.56 bits per heavy atom. The lowest BCUT2D eigenvalue weighted by Crippen LogP contribution is -2.23. The van der Waals surface area contributed by atoms with Gasteiger partial charge in [-0.2, -0.15) is 10.5 Å². The van der Waals surface area contributed by atoms with Crippen molar-refractivity contribution in [1.29, 1.82) is 10.5 Å². The van der Waals surface area contributed by atoms with E-state index in [4.69, 9.17) is 10.5 Å². The molecule has 0 bridgehead atoms. The van der Waals surface area contributed by atoms with E-state index >= 15 is 0 Å². The summed E-state index contributed by atoms with van der Waals surface area (Å²) in [4.78, 5) is 17.0. The van der Waals surface area contributed by atoms with E-state index in [1.165, 1.54) is 18.2 Å². The molecule has 0 saturated carbocycles. The summed E-state index contributed by atoms with van der Waals surface area (Å²) in [6.07, 6.45) is 1.37. The van der Waals surface area contributed by atoms with E-state index in [0.29, 0.717) is 10.0 Å². The van der Waals surface area contributed by atoms with Gasteiger partial charge in [0.2, 0.25) is 0 Å². The summed E-state index contributed by atoms with van der Waals surface area (Å²) in [5.74, 6) is -0.474. The molecule has 0 spiro atoms. The van der Waals surface area contributed by atoms with E-state index in [1.54, 1.807) is 0 Å². The van der Waals surface area contributed by atoms with Gasteiger partial charge in [-0.1, -0.05) is 11.3 Å². The third kappa shape index (κ3) is 2.69. The monoisotopic (exact) mass is 236 g/mol. The molecule has 0 fully saturated rings. The molecule has 0 N–H and O–H groups in total. The van der Waals surface area contributed by atoms with Crippen molar-refractivity contribution in [3.63, 3.8) is 0 Å². The zero-order valence-corrected chi connectivity index (χ0v) is 9.32. The van der Waals surface area contributed by atoms with Crippen molar-refractivity contribution in [2.45, 2.75) is 0 Å². The van der Waals surface area contributed by atoms with E-state index < -0.39 is 5.97 Å². The second-order valence-electron chi connectivity index (χ2n) is 2.67. The van der Waals surface area contributed by atoms with Crippen LogP contribution < -0.4 is 4.90 Å². The van der Waals surface area contributed by atoms with Crippen LogP contribution in [0.5, 0.6) is 0 Å². The van der Waals surface area contributed by atoms with Crippen LogP contribution >= 0.6 is 11.3 Å². The number of nitriles is 2. The molecule has 1 aromatic heterocycles. The molecule has 0 aliphatic heterocycles. The molecule has 0 unspecified atom stereocenters. The zero-order valence-electron chi connectivity index (χ0n) is 8.51. The molecule has 1 rings (SSSR count). The molecule has 1 aromatic rings. The van der Waals surface area contributed by atoms with Crippen molar-refractivity contribution >= 4 is 22.4 Å². The molecule has 6 nitrogen and oxygen atoms in total. The fourth-order valence-corrected chi connectivity index (χ4v) is 1.80. The fraction of sp³-hybridized carbons (Fsp3) is 0.333. The summed E-state index contributed by atoms with van der Waals surface area (Å²) in [5, 5.41) is 17.6. The normalized spacial score (nSPS) is 8.94. The highest BCUT2D eigenvalue weighted by Crippen LogP contribution is 2.22. The lowest BCUT2D eigenvalue weighted by Gasteiger charge is -2.12. The average molecular weight is 236 g/mol. The summed E-state index contributed by atoms with van der Waals surface area (Å²) >= 11 is 1.09. The quantitative estimate of drug-likeness (QED) is 0.567. The molecule has 7 heteroatoms. The molecular weight excluding hydrogens is 228 g/mol. The van der Waals surface area contributed by atoms with E-state index in [-0.39, 0.29) is 13.1 Å². The zero-order chi connectivity index (χ0) is 12.0. The van der Waals surface area contributed by atoms with Gasteiger partial charge in [0, 0.05) is 0 Å². The number of hydrogen-bond acceptors (Lipinski definition) is 7. The van der Waals surface area contributed by atoms with Gasteiger partial charge in [-0.25, -0.2) is 9.78 Å². The maximum atomic E-state index is 11.2. The Morgan fingerprint density at radius 2 is 2.19 bits per heavy atom. The van der Waals surface area contributed by atoms with Gasteiger partial charge in [-0.3, -0.25) is 0 Å². The Kier molecular flexibility index (Phi) is 4.25. The number of ether oxygens (including phenoxy) is 1. The van der Waals surface area contributed by atoms with Crippen LogP contribution in [0.3, 0.4) is 0 Å². The second-order valence-corrected chi connectivity index (χ2v) is 3.68. The molecule has 82 valence electrons. The first-order chi connectivity index (χ1) is 7.72. The van der Waals surface area contributed by atoms with Crippen LogP contribution in [0.2, 0.25) is 0 Å². The van der Waals surface area contributed by atoms with Gasteiger partial charge in [0.25, 0.3) is 0 Å². The standard InChI is InChI=1S/C9H8N4O2S/c1-15-8(14)7-6-12-9(16-7)13(4-2-10)5-3-11/h6H,4-5H2,1H3. The number of anilines is 1. The minimum Gasteiger partial charge on any atom is -0.465 e. The fourth-order valence-electron chi connectivity index (χ4n) is 0.968. The van der Waals surface area contributed by atoms with Crippen LogP contribution in [0.4, 0.5) is 5.13 Å². The number of hydrogen-bond donors (Lipinski definition) is 0. The Labute approximate surface area is 96.3 Å². The summed E-state index contributed by atoms with van der Waals surface area (Å²) < 4.78 is 4.53. The van der Waals surface area contributed by atoms with Gasteiger partial charge >= 0.3 is 5.97 Å². The van der Waals surface area contributed by atoms with Gasteiger partial charge in [-0.05, 0) is 0 Å². The lowest BCUT2D eigenvalue weighted by atomic mass is 10.5. The number of thiazole rings is 1. The van der Waals surface area contributed by atoms with Crippen LogP contribution in [-0.4, -0.2) is 31.2 Å². The van der Waals surface area contributed by atoms with Crippen LogP contribution in [-0.2, 0) is 4.74 Å². The molecule has 16 heavy (non-hydrogen) atoms. The molecule has 0 amide bonds. The van der Waals surface area contributed by atoms with Gasteiger partial charge in [0.05, 0.1) is 25.4 Å². The van der Waals surface area contributed by atoms with Crippen molar-refractivity contribution in [3.05, 3.63) is 11.1 Å². The lowest BCUT2D eigenvalue weighted by molar-refractivity contribution is 0.0606. The molecule has 0 saturated heterocycles. The van der Waals surface area contributed by atoms with Crippen LogP contribution in [0.15, 0.2) is 6.20 Å². The van der Waals surface area contributed by atoms with Gasteiger partial charge in [-0.15, -0.1) is 0 Å². The van der Waals surface area contributed by atoms with Gasteiger partial charge in [0.1, 0.15) is 18.0 Å². The summed E-state index contributed by atoms with van der Waals surface area (Å²) in [6, 6.07) is 3.86. The predicted octanol–water partition coefficient (Wildman–Crippen LogP) is 0.783. The largest absolute Gasteiger partial charge is 0.465 e. The third-order valence-electron chi connectivity index (χ3n) is 1.67. The first kappa shape index (κ1) is 12.0. The molecule has 0 aliphatic rings. The second kappa shape index (κ2) is 5.69. The number of methoxy groups -OCH3 is 1. The van der Waals surface area contributed by atoms with E-state index in [1.807, 2.05) is 12.1 Å². The van der Waals surface area contributed by atoms with Crippen molar-refractivity contribution in [3.8, 4) is 12.1 Å². The third-order valence-corrected chi connectivity index (χ3v) is 2.71. The highest BCUT2D eigenvalue weighted by Gasteiger charge is 2.14. The summed E-state index contributed by atoms with van der Waals surface area (Å²) in [7, 11) is 1.28. The SMILES string of the molecule is COC(=O)c1cnc(N(CC#N)CC#N)s1. The molecule has 0 aliphatic carbocycles. The minimum absolute atomic E-state index is 0.0572. The van der Waals surface area contributed by atoms with Crippen LogP contribution in [0.1, 0.15) is 9.67 Å². The summed E-state index contributed by atoms with van der Waals surface area (Å²) in [5.41, 5.74) is 0.